The first kappa shape index (κ1) is 19.2. The van der Waals surface area contributed by atoms with Gasteiger partial charge in [0.2, 0.25) is 0 Å². The van der Waals surface area contributed by atoms with Crippen LogP contribution < -0.4 is 10.6 Å². The SMILES string of the molecule is Cc1ccc(C)c(Cn2cccc2CNC(=O)Nc2ccc(Br)cc2F)c1. The number of urea groups is 1. The molecule has 0 atom stereocenters. The fraction of sp³-hybridized carbons (Fsp3) is 0.190. The predicted octanol–water partition coefficient (Wildman–Crippen LogP) is 5.38. The molecule has 4 nitrogen and oxygen atoms in total. The molecule has 0 bridgehead atoms. The van der Waals surface area contributed by atoms with Crippen LogP contribution in [0, 0.1) is 19.7 Å². The molecule has 0 radical (unpaired) electrons. The van der Waals surface area contributed by atoms with Gasteiger partial charge in [-0.1, -0.05) is 39.7 Å². The summed E-state index contributed by atoms with van der Waals surface area (Å²) in [5.74, 6) is -0.488. The second-order valence-corrected chi connectivity index (χ2v) is 7.40. The molecule has 0 aliphatic carbocycles. The van der Waals surface area contributed by atoms with E-state index in [1.54, 1.807) is 6.07 Å². The molecule has 0 aliphatic heterocycles. The van der Waals surface area contributed by atoms with E-state index in [4.69, 9.17) is 0 Å². The highest BCUT2D eigenvalue weighted by atomic mass is 79.9. The van der Waals surface area contributed by atoms with Crippen molar-refractivity contribution in [1.82, 2.24) is 9.88 Å². The molecular weight excluding hydrogens is 409 g/mol. The number of rotatable bonds is 5. The van der Waals surface area contributed by atoms with Crippen LogP contribution in [0.15, 0.2) is 59.2 Å². The van der Waals surface area contributed by atoms with Crippen LogP contribution in [0.4, 0.5) is 14.9 Å². The van der Waals surface area contributed by atoms with Crippen molar-refractivity contribution in [2.24, 2.45) is 0 Å². The molecule has 140 valence electrons. The summed E-state index contributed by atoms with van der Waals surface area (Å²) in [6.07, 6.45) is 1.99. The number of hydrogen-bond donors (Lipinski definition) is 2. The van der Waals surface area contributed by atoms with Crippen molar-refractivity contribution in [1.29, 1.82) is 0 Å². The molecule has 3 rings (SSSR count). The van der Waals surface area contributed by atoms with Gasteiger partial charge in [0.05, 0.1) is 12.2 Å². The summed E-state index contributed by atoms with van der Waals surface area (Å²) in [5.41, 5.74) is 4.81. The first-order chi connectivity index (χ1) is 12.9. The largest absolute Gasteiger partial charge is 0.345 e. The van der Waals surface area contributed by atoms with Gasteiger partial charge in [-0.3, -0.25) is 0 Å². The van der Waals surface area contributed by atoms with Gasteiger partial charge in [-0.25, -0.2) is 9.18 Å². The number of nitrogens with one attached hydrogen (secondary N) is 2. The quantitative estimate of drug-likeness (QED) is 0.561. The Bertz CT molecular complexity index is 968. The topological polar surface area (TPSA) is 46.1 Å². The number of amides is 2. The van der Waals surface area contributed by atoms with Crippen LogP contribution in [0.1, 0.15) is 22.4 Å². The smallest absolute Gasteiger partial charge is 0.319 e. The molecule has 0 unspecified atom stereocenters. The Hall–Kier alpha value is -2.60. The zero-order chi connectivity index (χ0) is 19.4. The zero-order valence-electron chi connectivity index (χ0n) is 15.2. The molecule has 0 saturated heterocycles. The summed E-state index contributed by atoms with van der Waals surface area (Å²) >= 11 is 3.19. The van der Waals surface area contributed by atoms with Gasteiger partial charge in [0.1, 0.15) is 5.82 Å². The van der Waals surface area contributed by atoms with E-state index >= 15 is 0 Å². The maximum Gasteiger partial charge on any atom is 0.319 e. The van der Waals surface area contributed by atoms with Gasteiger partial charge in [-0.2, -0.15) is 0 Å². The molecule has 1 aromatic heterocycles. The van der Waals surface area contributed by atoms with Crippen molar-refractivity contribution in [2.75, 3.05) is 5.32 Å². The number of carbonyl (C=O) groups excluding carboxylic acids is 1. The number of aromatic nitrogens is 1. The Kier molecular flexibility index (Phi) is 5.96. The minimum absolute atomic E-state index is 0.140. The molecule has 27 heavy (non-hydrogen) atoms. The number of carbonyl (C=O) groups is 1. The average Bonchev–Trinajstić information content (AvgIpc) is 3.06. The second-order valence-electron chi connectivity index (χ2n) is 6.49. The Morgan fingerprint density at radius 1 is 1.15 bits per heavy atom. The van der Waals surface area contributed by atoms with Gasteiger partial charge in [-0.05, 0) is 55.3 Å². The van der Waals surface area contributed by atoms with Crippen molar-refractivity contribution in [3.05, 3.63) is 87.4 Å². The summed E-state index contributed by atoms with van der Waals surface area (Å²) in [6.45, 7) is 5.26. The van der Waals surface area contributed by atoms with Crippen LogP contribution >= 0.6 is 15.9 Å². The van der Waals surface area contributed by atoms with Crippen molar-refractivity contribution < 1.29 is 9.18 Å². The zero-order valence-corrected chi connectivity index (χ0v) is 16.8. The monoisotopic (exact) mass is 429 g/mol. The number of hydrogen-bond acceptors (Lipinski definition) is 1. The standard InChI is InChI=1S/C21H21BrFN3O/c1-14-5-6-15(2)16(10-14)13-26-9-3-4-18(26)12-24-21(27)25-20-8-7-17(22)11-19(20)23/h3-11H,12-13H2,1-2H3,(H2,24,25,27). The van der Waals surface area contributed by atoms with Crippen molar-refractivity contribution in [2.45, 2.75) is 26.9 Å². The molecule has 3 aromatic rings. The lowest BCUT2D eigenvalue weighted by molar-refractivity contribution is 0.251. The van der Waals surface area contributed by atoms with Crippen LogP contribution in [0.3, 0.4) is 0 Å². The van der Waals surface area contributed by atoms with Crippen LogP contribution in [-0.2, 0) is 13.1 Å². The van der Waals surface area contributed by atoms with E-state index in [0.29, 0.717) is 11.0 Å². The fourth-order valence-electron chi connectivity index (χ4n) is 2.85. The van der Waals surface area contributed by atoms with Gasteiger partial charge >= 0.3 is 6.03 Å². The van der Waals surface area contributed by atoms with Gasteiger partial charge in [0.25, 0.3) is 0 Å². The summed E-state index contributed by atoms with van der Waals surface area (Å²) in [7, 11) is 0. The molecule has 0 spiro atoms. The molecule has 0 aliphatic rings. The van der Waals surface area contributed by atoms with E-state index in [9.17, 15) is 9.18 Å². The van der Waals surface area contributed by atoms with Crippen LogP contribution in [-0.4, -0.2) is 10.6 Å². The van der Waals surface area contributed by atoms with E-state index in [2.05, 4.69) is 63.2 Å². The molecular formula is C21H21BrFN3O. The van der Waals surface area contributed by atoms with E-state index in [1.165, 1.54) is 28.8 Å². The molecule has 2 amide bonds. The van der Waals surface area contributed by atoms with E-state index in [-0.39, 0.29) is 5.69 Å². The third kappa shape index (κ3) is 4.98. The Labute approximate surface area is 166 Å². The summed E-state index contributed by atoms with van der Waals surface area (Å²) in [4.78, 5) is 12.1. The highest BCUT2D eigenvalue weighted by Gasteiger charge is 2.09. The first-order valence-corrected chi connectivity index (χ1v) is 9.42. The molecule has 2 aromatic carbocycles. The second kappa shape index (κ2) is 8.39. The first-order valence-electron chi connectivity index (χ1n) is 8.62. The van der Waals surface area contributed by atoms with Crippen LogP contribution in [0.5, 0.6) is 0 Å². The summed E-state index contributed by atoms with van der Waals surface area (Å²) in [6, 6.07) is 14.4. The average molecular weight is 430 g/mol. The lowest BCUT2D eigenvalue weighted by Gasteiger charge is -2.13. The highest BCUT2D eigenvalue weighted by molar-refractivity contribution is 9.10. The maximum atomic E-state index is 13.8. The minimum Gasteiger partial charge on any atom is -0.345 e. The fourth-order valence-corrected chi connectivity index (χ4v) is 3.18. The summed E-state index contributed by atoms with van der Waals surface area (Å²) in [5, 5.41) is 5.31. The maximum absolute atomic E-state index is 13.8. The normalized spacial score (nSPS) is 10.7. The molecule has 6 heteroatoms. The van der Waals surface area contributed by atoms with Gasteiger partial charge in [-0.15, -0.1) is 0 Å². The van der Waals surface area contributed by atoms with Crippen molar-refractivity contribution in [3.8, 4) is 0 Å². The lowest BCUT2D eigenvalue weighted by atomic mass is 10.1. The highest BCUT2D eigenvalue weighted by Crippen LogP contribution is 2.19. The van der Waals surface area contributed by atoms with Crippen LogP contribution in [0.25, 0.3) is 0 Å². The van der Waals surface area contributed by atoms with E-state index in [0.717, 1.165) is 12.2 Å². The predicted molar refractivity (Wildman–Crippen MR) is 109 cm³/mol. The number of benzene rings is 2. The molecule has 1 heterocycles. The molecule has 2 N–H and O–H groups in total. The Balaban J connectivity index is 1.63. The van der Waals surface area contributed by atoms with Crippen LogP contribution in [0.2, 0.25) is 0 Å². The number of halogens is 2. The van der Waals surface area contributed by atoms with Gasteiger partial charge in [0, 0.05) is 22.9 Å². The van der Waals surface area contributed by atoms with Crippen molar-refractivity contribution in [3.63, 3.8) is 0 Å². The lowest BCUT2D eigenvalue weighted by Crippen LogP contribution is -2.29. The minimum atomic E-state index is -0.488. The number of aryl methyl sites for hydroxylation is 2. The molecule has 0 saturated carbocycles. The van der Waals surface area contributed by atoms with E-state index < -0.39 is 11.8 Å². The number of anilines is 1. The van der Waals surface area contributed by atoms with Gasteiger partial charge in [0.15, 0.2) is 0 Å². The Morgan fingerprint density at radius 2 is 1.96 bits per heavy atom. The third-order valence-corrected chi connectivity index (χ3v) is 4.87. The Morgan fingerprint density at radius 3 is 2.74 bits per heavy atom. The van der Waals surface area contributed by atoms with E-state index in [1.807, 2.05) is 18.3 Å². The van der Waals surface area contributed by atoms with Gasteiger partial charge < -0.3 is 15.2 Å². The molecule has 0 fully saturated rings. The third-order valence-electron chi connectivity index (χ3n) is 4.38. The van der Waals surface area contributed by atoms with Crippen molar-refractivity contribution >= 4 is 27.6 Å². The number of nitrogens with zero attached hydrogens (tertiary/aromatic N) is 1. The summed E-state index contributed by atoms with van der Waals surface area (Å²) < 4.78 is 16.5.